The Bertz CT molecular complexity index is 1420. The monoisotopic (exact) mass is 478 g/mol. The molecule has 0 bridgehead atoms. The molecule has 2 heterocycles. The summed E-state index contributed by atoms with van der Waals surface area (Å²) >= 11 is 0. The van der Waals surface area contributed by atoms with Crippen LogP contribution in [0.1, 0.15) is 16.8 Å². The summed E-state index contributed by atoms with van der Waals surface area (Å²) < 4.78 is 0. The molecule has 2 aromatic carbocycles. The summed E-state index contributed by atoms with van der Waals surface area (Å²) in [5, 5.41) is 34.6. The largest absolute Gasteiger partial charge is 0.394 e. The predicted octanol–water partition coefficient (Wildman–Crippen LogP) is 0.627. The maximum atomic E-state index is 12.6. The molecular weight excluding hydrogens is 452 g/mol. The van der Waals surface area contributed by atoms with E-state index in [9.17, 15) is 19.5 Å². The van der Waals surface area contributed by atoms with Crippen LogP contribution in [0.3, 0.4) is 0 Å². The van der Waals surface area contributed by atoms with Crippen molar-refractivity contribution in [1.29, 1.82) is 0 Å². The second kappa shape index (κ2) is 10.5. The third kappa shape index (κ3) is 5.57. The fourth-order valence-electron chi connectivity index (χ4n) is 3.80. The number of nitrogens with one attached hydrogen (secondary N) is 4. The van der Waals surface area contributed by atoms with Gasteiger partial charge in [0.2, 0.25) is 5.91 Å². The van der Waals surface area contributed by atoms with Crippen molar-refractivity contribution >= 4 is 33.6 Å². The van der Waals surface area contributed by atoms with Crippen LogP contribution in [0.25, 0.3) is 33.1 Å². The Labute approximate surface area is 199 Å². The number of aliphatic hydroxyl groups is 3. The predicted molar refractivity (Wildman–Crippen MR) is 131 cm³/mol. The van der Waals surface area contributed by atoms with E-state index in [2.05, 4.69) is 20.6 Å². The number of hydrogen-bond donors (Lipinski definition) is 7. The smallest absolute Gasteiger partial charge is 0.257 e. The highest BCUT2D eigenvalue weighted by Gasteiger charge is 2.16. The molecule has 0 saturated carbocycles. The van der Waals surface area contributed by atoms with Gasteiger partial charge in [0, 0.05) is 28.5 Å². The van der Waals surface area contributed by atoms with Gasteiger partial charge in [0.1, 0.15) is 0 Å². The zero-order chi connectivity index (χ0) is 24.9. The molecule has 2 aromatic heterocycles. The quantitative estimate of drug-likeness (QED) is 0.186. The Morgan fingerprint density at radius 2 is 1.66 bits per heavy atom. The summed E-state index contributed by atoms with van der Waals surface area (Å²) in [6.07, 6.45) is -1.43. The van der Waals surface area contributed by atoms with E-state index in [1.807, 2.05) is 30.3 Å². The van der Waals surface area contributed by atoms with E-state index in [-0.39, 0.29) is 18.5 Å². The van der Waals surface area contributed by atoms with Gasteiger partial charge >= 0.3 is 0 Å². The first kappa shape index (κ1) is 24.1. The lowest BCUT2D eigenvalue weighted by molar-refractivity contribution is -0.124. The standard InChI is InChI=1S/C25H26N4O6/c30-12-17(13-31)27-23(33)10-18(32)11-26-24(34)15-5-6-21-16(7-15)9-22(28-21)19-8-14-3-1-2-4-20(14)29-25(19)35/h1-9,17-18,28,30-32H,10-13H2,(H,26,34)(H,27,33)(H,29,35). The minimum atomic E-state index is -1.14. The van der Waals surface area contributed by atoms with Crippen molar-refractivity contribution in [3.05, 3.63) is 70.5 Å². The number of aromatic nitrogens is 2. The summed E-state index contributed by atoms with van der Waals surface area (Å²) in [6, 6.07) is 15.3. The Balaban J connectivity index is 1.44. The van der Waals surface area contributed by atoms with E-state index < -0.39 is 37.2 Å². The molecule has 0 spiro atoms. The Kier molecular flexibility index (Phi) is 7.25. The van der Waals surface area contributed by atoms with Crippen LogP contribution in [0.15, 0.2) is 59.4 Å². The van der Waals surface area contributed by atoms with Gasteiger partial charge in [0.05, 0.1) is 43.0 Å². The van der Waals surface area contributed by atoms with E-state index in [0.29, 0.717) is 16.8 Å². The number of fused-ring (bicyclic) bond motifs is 2. The molecule has 182 valence electrons. The number of amides is 2. The molecule has 0 radical (unpaired) electrons. The van der Waals surface area contributed by atoms with E-state index in [1.165, 1.54) is 0 Å². The fraction of sp³-hybridized carbons (Fsp3) is 0.240. The minimum absolute atomic E-state index is 0.155. The van der Waals surface area contributed by atoms with Crippen LogP contribution < -0.4 is 16.2 Å². The van der Waals surface area contributed by atoms with Gasteiger partial charge < -0.3 is 35.9 Å². The highest BCUT2D eigenvalue weighted by molar-refractivity contribution is 5.99. The van der Waals surface area contributed by atoms with Crippen LogP contribution in [0.5, 0.6) is 0 Å². The summed E-state index contributed by atoms with van der Waals surface area (Å²) in [6.45, 7) is -1.00. The molecule has 0 aliphatic carbocycles. The maximum Gasteiger partial charge on any atom is 0.257 e. The first-order chi connectivity index (χ1) is 16.9. The Hall–Kier alpha value is -3.99. The summed E-state index contributed by atoms with van der Waals surface area (Å²) in [7, 11) is 0. The number of aliphatic hydroxyl groups excluding tert-OH is 3. The van der Waals surface area contributed by atoms with Crippen LogP contribution in [0.4, 0.5) is 0 Å². The van der Waals surface area contributed by atoms with Gasteiger partial charge in [-0.15, -0.1) is 0 Å². The summed E-state index contributed by atoms with van der Waals surface area (Å²) in [4.78, 5) is 43.1. The van der Waals surface area contributed by atoms with Crippen LogP contribution in [0.2, 0.25) is 0 Å². The summed E-state index contributed by atoms with van der Waals surface area (Å²) in [5.41, 5.74) is 2.73. The molecule has 10 heteroatoms. The van der Waals surface area contributed by atoms with Crippen molar-refractivity contribution in [2.75, 3.05) is 19.8 Å². The maximum absolute atomic E-state index is 12.6. The number of benzene rings is 2. The first-order valence-electron chi connectivity index (χ1n) is 11.1. The second-order valence-corrected chi connectivity index (χ2v) is 8.28. The van der Waals surface area contributed by atoms with Gasteiger partial charge in [-0.1, -0.05) is 18.2 Å². The molecular formula is C25H26N4O6. The molecule has 4 aromatic rings. The zero-order valence-corrected chi connectivity index (χ0v) is 18.7. The van der Waals surface area contributed by atoms with Crippen LogP contribution in [-0.2, 0) is 4.79 Å². The van der Waals surface area contributed by atoms with Crippen molar-refractivity contribution in [1.82, 2.24) is 20.6 Å². The molecule has 35 heavy (non-hydrogen) atoms. The van der Waals surface area contributed by atoms with Crippen molar-refractivity contribution in [3.8, 4) is 11.3 Å². The molecule has 0 saturated heterocycles. The fourth-order valence-corrected chi connectivity index (χ4v) is 3.80. The van der Waals surface area contributed by atoms with Crippen molar-refractivity contribution in [2.24, 2.45) is 0 Å². The number of carbonyl (C=O) groups is 2. The van der Waals surface area contributed by atoms with Gasteiger partial charge in [0.15, 0.2) is 0 Å². The number of aromatic amines is 2. The van der Waals surface area contributed by atoms with Crippen molar-refractivity contribution in [3.63, 3.8) is 0 Å². The minimum Gasteiger partial charge on any atom is -0.394 e. The van der Waals surface area contributed by atoms with E-state index in [4.69, 9.17) is 10.2 Å². The highest BCUT2D eigenvalue weighted by Crippen LogP contribution is 2.24. The van der Waals surface area contributed by atoms with Gasteiger partial charge in [-0.2, -0.15) is 0 Å². The zero-order valence-electron chi connectivity index (χ0n) is 18.7. The lowest BCUT2D eigenvalue weighted by atomic mass is 10.1. The second-order valence-electron chi connectivity index (χ2n) is 8.28. The lowest BCUT2D eigenvalue weighted by Gasteiger charge is -2.16. The van der Waals surface area contributed by atoms with Gasteiger partial charge in [-0.3, -0.25) is 14.4 Å². The highest BCUT2D eigenvalue weighted by atomic mass is 16.3. The van der Waals surface area contributed by atoms with E-state index in [1.54, 1.807) is 24.3 Å². The molecule has 4 rings (SSSR count). The molecule has 1 unspecified atom stereocenters. The molecule has 0 aliphatic heterocycles. The van der Waals surface area contributed by atoms with Crippen LogP contribution in [-0.4, -0.2) is 69.0 Å². The third-order valence-corrected chi connectivity index (χ3v) is 5.65. The number of H-pyrrole nitrogens is 2. The third-order valence-electron chi connectivity index (χ3n) is 5.65. The topological polar surface area (TPSA) is 168 Å². The molecule has 7 N–H and O–H groups in total. The average molecular weight is 479 g/mol. The Morgan fingerprint density at radius 3 is 2.43 bits per heavy atom. The number of pyridine rings is 1. The molecule has 0 aliphatic rings. The Morgan fingerprint density at radius 1 is 0.914 bits per heavy atom. The van der Waals surface area contributed by atoms with Crippen molar-refractivity contribution in [2.45, 2.75) is 18.6 Å². The average Bonchev–Trinajstić information content (AvgIpc) is 3.28. The number of rotatable bonds is 9. The molecule has 2 amide bonds. The number of carbonyl (C=O) groups excluding carboxylic acids is 2. The van der Waals surface area contributed by atoms with E-state index in [0.717, 1.165) is 21.8 Å². The van der Waals surface area contributed by atoms with Crippen molar-refractivity contribution < 1.29 is 24.9 Å². The van der Waals surface area contributed by atoms with Crippen LogP contribution >= 0.6 is 0 Å². The van der Waals surface area contributed by atoms with Crippen LogP contribution in [0, 0.1) is 0 Å². The summed E-state index contributed by atoms with van der Waals surface area (Å²) in [5.74, 6) is -0.981. The molecule has 10 nitrogen and oxygen atoms in total. The van der Waals surface area contributed by atoms with Gasteiger partial charge in [0.25, 0.3) is 11.5 Å². The van der Waals surface area contributed by atoms with Gasteiger partial charge in [-0.25, -0.2) is 0 Å². The first-order valence-corrected chi connectivity index (χ1v) is 11.1. The SMILES string of the molecule is O=C(CC(O)CNC(=O)c1ccc2[nH]c(-c3cc4ccccc4[nH]c3=O)cc2c1)NC(CO)CO. The molecule has 0 fully saturated rings. The van der Waals surface area contributed by atoms with E-state index >= 15 is 0 Å². The molecule has 1 atom stereocenters. The number of para-hydroxylation sites is 1. The number of hydrogen-bond acceptors (Lipinski definition) is 6. The normalized spacial score (nSPS) is 12.2. The lowest BCUT2D eigenvalue weighted by Crippen LogP contribution is -2.42. The van der Waals surface area contributed by atoms with Gasteiger partial charge in [-0.05, 0) is 41.8 Å².